The van der Waals surface area contributed by atoms with Crippen LogP contribution in [0.15, 0.2) is 83.3 Å². The monoisotopic (exact) mass is 655 g/mol. The van der Waals surface area contributed by atoms with Crippen molar-refractivity contribution in [1.82, 2.24) is 14.7 Å². The van der Waals surface area contributed by atoms with E-state index in [1.807, 2.05) is 35.2 Å². The molecule has 3 aliphatic heterocycles. The fraction of sp³-hybridized carbons (Fsp3) is 0.394. The summed E-state index contributed by atoms with van der Waals surface area (Å²) in [5.74, 6) is 1.04. The van der Waals surface area contributed by atoms with Crippen molar-refractivity contribution in [2.24, 2.45) is 11.3 Å². The van der Waals surface area contributed by atoms with Crippen LogP contribution < -0.4 is 0 Å². The Morgan fingerprint density at radius 3 is 2.22 bits per heavy atom. The Kier molecular flexibility index (Phi) is 9.44. The first-order chi connectivity index (χ1) is 19.4. The molecule has 5 nitrogen and oxygen atoms in total. The van der Waals surface area contributed by atoms with E-state index in [-0.39, 0.29) is 23.7 Å². The average Bonchev–Trinajstić information content (AvgIpc) is 3.53. The van der Waals surface area contributed by atoms with Crippen LogP contribution in [0.1, 0.15) is 46.7 Å². The summed E-state index contributed by atoms with van der Waals surface area (Å²) in [6, 6.07) is 26.1. The van der Waals surface area contributed by atoms with Gasteiger partial charge in [0, 0.05) is 53.7 Å². The summed E-state index contributed by atoms with van der Waals surface area (Å²) in [7, 11) is 0. The van der Waals surface area contributed by atoms with Gasteiger partial charge < -0.3 is 14.7 Å². The first kappa shape index (κ1) is 30.1. The Bertz CT molecular complexity index is 1350. The van der Waals surface area contributed by atoms with Gasteiger partial charge in [0.2, 0.25) is 5.91 Å². The molecule has 0 radical (unpaired) electrons. The molecule has 0 bridgehead atoms. The van der Waals surface area contributed by atoms with Crippen LogP contribution in [0.25, 0.3) is 0 Å². The number of piperidine rings is 1. The number of benzene rings is 3. The van der Waals surface area contributed by atoms with Crippen molar-refractivity contribution in [1.29, 1.82) is 0 Å². The number of amides is 2. The molecule has 0 aliphatic carbocycles. The zero-order chi connectivity index (χ0) is 27.7. The summed E-state index contributed by atoms with van der Waals surface area (Å²) in [5, 5.41) is 0.637. The zero-order valence-electron chi connectivity index (χ0n) is 23.1. The minimum atomic E-state index is -0.211. The van der Waals surface area contributed by atoms with Crippen LogP contribution in [0.4, 0.5) is 0 Å². The predicted octanol–water partition coefficient (Wildman–Crippen LogP) is 6.89. The number of nitrogens with zero attached hydrogens (tertiary/aromatic N) is 3. The summed E-state index contributed by atoms with van der Waals surface area (Å²) in [5.41, 5.74) is 2.94. The second kappa shape index (κ2) is 12.9. The molecule has 2 atom stereocenters. The third kappa shape index (κ3) is 6.51. The SMILES string of the molecule is Cl.O=C(c1ccc(Cl)cc1)N1CC(CN2CCC3(CC2)CCN(Cc2ccc(Br)cc2)C3=O)C(c2ccccc2)C1. The summed E-state index contributed by atoms with van der Waals surface area (Å²) < 4.78 is 1.06. The van der Waals surface area contributed by atoms with Gasteiger partial charge in [-0.15, -0.1) is 12.4 Å². The van der Waals surface area contributed by atoms with Gasteiger partial charge in [-0.05, 0) is 85.8 Å². The van der Waals surface area contributed by atoms with Crippen molar-refractivity contribution in [2.45, 2.75) is 31.7 Å². The Morgan fingerprint density at radius 1 is 0.878 bits per heavy atom. The fourth-order valence-corrected chi connectivity index (χ4v) is 7.28. The highest BCUT2D eigenvalue weighted by atomic mass is 79.9. The maximum absolute atomic E-state index is 13.6. The lowest BCUT2D eigenvalue weighted by Gasteiger charge is -2.39. The maximum Gasteiger partial charge on any atom is 0.253 e. The minimum absolute atomic E-state index is 0. The second-order valence-electron chi connectivity index (χ2n) is 11.7. The van der Waals surface area contributed by atoms with Crippen molar-refractivity contribution < 1.29 is 9.59 Å². The summed E-state index contributed by atoms with van der Waals surface area (Å²) >= 11 is 9.55. The van der Waals surface area contributed by atoms with Crippen molar-refractivity contribution in [3.8, 4) is 0 Å². The normalized spacial score (nSPS) is 22.2. The van der Waals surface area contributed by atoms with E-state index >= 15 is 0 Å². The predicted molar refractivity (Wildman–Crippen MR) is 170 cm³/mol. The topological polar surface area (TPSA) is 43.9 Å². The van der Waals surface area contributed by atoms with Gasteiger partial charge in [-0.3, -0.25) is 9.59 Å². The molecular formula is C33H36BrCl2N3O2. The lowest BCUT2D eigenvalue weighted by Crippen LogP contribution is -2.46. The largest absolute Gasteiger partial charge is 0.338 e. The summed E-state index contributed by atoms with van der Waals surface area (Å²) in [6.45, 7) is 5.80. The quantitative estimate of drug-likeness (QED) is 0.290. The van der Waals surface area contributed by atoms with Crippen molar-refractivity contribution in [3.63, 3.8) is 0 Å². The van der Waals surface area contributed by atoms with E-state index in [1.54, 1.807) is 12.1 Å². The molecule has 216 valence electrons. The Labute approximate surface area is 262 Å². The molecule has 3 aromatic rings. The number of hydrogen-bond acceptors (Lipinski definition) is 3. The molecule has 2 unspecified atom stereocenters. The minimum Gasteiger partial charge on any atom is -0.338 e. The van der Waals surface area contributed by atoms with E-state index in [9.17, 15) is 9.59 Å². The van der Waals surface area contributed by atoms with E-state index in [0.29, 0.717) is 34.9 Å². The summed E-state index contributed by atoms with van der Waals surface area (Å²) in [6.07, 6.45) is 2.78. The molecule has 3 aliphatic rings. The molecule has 6 rings (SSSR count). The zero-order valence-corrected chi connectivity index (χ0v) is 26.2. The van der Waals surface area contributed by atoms with Crippen molar-refractivity contribution in [2.75, 3.05) is 39.3 Å². The highest BCUT2D eigenvalue weighted by molar-refractivity contribution is 9.10. The third-order valence-electron chi connectivity index (χ3n) is 9.24. The first-order valence-corrected chi connectivity index (χ1v) is 15.4. The van der Waals surface area contributed by atoms with Crippen LogP contribution in [0.3, 0.4) is 0 Å². The van der Waals surface area contributed by atoms with E-state index in [1.165, 1.54) is 11.1 Å². The standard InChI is InChI=1S/C33H35BrClN3O2.ClH/c34-28-10-6-24(7-11-28)20-37-19-16-33(32(37)40)14-17-36(18-15-33)21-27-22-38(23-30(27)25-4-2-1-3-5-25)31(39)26-8-12-29(35)13-9-26;/h1-13,27,30H,14-23H2;1H. The van der Waals surface area contributed by atoms with E-state index in [2.05, 4.69) is 62.1 Å². The molecule has 2 amide bonds. The van der Waals surface area contributed by atoms with Gasteiger partial charge >= 0.3 is 0 Å². The van der Waals surface area contributed by atoms with Gasteiger partial charge in [-0.2, -0.15) is 0 Å². The van der Waals surface area contributed by atoms with E-state index < -0.39 is 0 Å². The molecule has 0 saturated carbocycles. The van der Waals surface area contributed by atoms with Gasteiger partial charge in [0.25, 0.3) is 5.91 Å². The van der Waals surface area contributed by atoms with E-state index in [4.69, 9.17) is 11.6 Å². The van der Waals surface area contributed by atoms with Crippen LogP contribution in [-0.4, -0.2) is 65.8 Å². The van der Waals surface area contributed by atoms with Crippen LogP contribution in [0, 0.1) is 11.3 Å². The number of carbonyl (C=O) groups excluding carboxylic acids is 2. The molecule has 1 spiro atoms. The number of carbonyl (C=O) groups is 2. The second-order valence-corrected chi connectivity index (χ2v) is 13.0. The molecule has 3 saturated heterocycles. The third-order valence-corrected chi connectivity index (χ3v) is 10.0. The highest BCUT2D eigenvalue weighted by Crippen LogP contribution is 2.43. The molecule has 3 aromatic carbocycles. The van der Waals surface area contributed by atoms with Gasteiger partial charge in [0.1, 0.15) is 0 Å². The van der Waals surface area contributed by atoms with Crippen LogP contribution in [-0.2, 0) is 11.3 Å². The van der Waals surface area contributed by atoms with Gasteiger partial charge in [-0.25, -0.2) is 0 Å². The van der Waals surface area contributed by atoms with Crippen LogP contribution >= 0.6 is 39.9 Å². The molecule has 0 N–H and O–H groups in total. The molecular weight excluding hydrogens is 621 g/mol. The number of hydrogen-bond donors (Lipinski definition) is 0. The van der Waals surface area contributed by atoms with Gasteiger partial charge in [0.05, 0.1) is 5.41 Å². The Hall–Kier alpha value is -2.38. The average molecular weight is 657 g/mol. The summed E-state index contributed by atoms with van der Waals surface area (Å²) in [4.78, 5) is 33.5. The number of halogens is 3. The molecule has 3 heterocycles. The van der Waals surface area contributed by atoms with Crippen molar-refractivity contribution >= 4 is 51.8 Å². The maximum atomic E-state index is 13.6. The molecule has 8 heteroatoms. The molecule has 0 aromatic heterocycles. The van der Waals surface area contributed by atoms with Crippen LogP contribution in [0.2, 0.25) is 5.02 Å². The molecule has 3 fully saturated rings. The first-order valence-electron chi connectivity index (χ1n) is 14.3. The van der Waals surface area contributed by atoms with Crippen molar-refractivity contribution in [3.05, 3.63) is 105 Å². The number of likely N-dealkylation sites (tertiary alicyclic amines) is 3. The number of rotatable bonds is 6. The highest BCUT2D eigenvalue weighted by Gasteiger charge is 2.48. The van der Waals surface area contributed by atoms with Crippen LogP contribution in [0.5, 0.6) is 0 Å². The smallest absolute Gasteiger partial charge is 0.253 e. The van der Waals surface area contributed by atoms with Gasteiger partial charge in [-0.1, -0.05) is 70.0 Å². The van der Waals surface area contributed by atoms with E-state index in [0.717, 1.165) is 63.0 Å². The Morgan fingerprint density at radius 2 is 1.54 bits per heavy atom. The lowest BCUT2D eigenvalue weighted by molar-refractivity contribution is -0.139. The lowest BCUT2D eigenvalue weighted by atomic mass is 9.76. The fourth-order valence-electron chi connectivity index (χ4n) is 6.89. The molecule has 41 heavy (non-hydrogen) atoms. The van der Waals surface area contributed by atoms with Gasteiger partial charge in [0.15, 0.2) is 0 Å². The Balaban J connectivity index is 0.00000337.